The first-order chi connectivity index (χ1) is 15.9. The quantitative estimate of drug-likeness (QED) is 0.333. The number of aromatic nitrogens is 1. The third-order valence-electron chi connectivity index (χ3n) is 4.87. The van der Waals surface area contributed by atoms with Gasteiger partial charge in [0.1, 0.15) is 11.6 Å². The molecule has 0 aliphatic heterocycles. The summed E-state index contributed by atoms with van der Waals surface area (Å²) in [6.45, 7) is 1.61. The summed E-state index contributed by atoms with van der Waals surface area (Å²) >= 11 is 1.33. The number of benzene rings is 2. The van der Waals surface area contributed by atoms with Crippen LogP contribution in [0.1, 0.15) is 16.6 Å². The Morgan fingerprint density at radius 1 is 0.970 bits per heavy atom. The van der Waals surface area contributed by atoms with Crippen LogP contribution < -0.4 is 16.4 Å². The van der Waals surface area contributed by atoms with Crippen LogP contribution in [0.5, 0.6) is 5.75 Å². The van der Waals surface area contributed by atoms with Crippen molar-refractivity contribution in [2.24, 2.45) is 5.73 Å². The summed E-state index contributed by atoms with van der Waals surface area (Å²) in [4.78, 5) is 29.8. The lowest BCUT2D eigenvalue weighted by Gasteiger charge is -2.13. The van der Waals surface area contributed by atoms with Crippen molar-refractivity contribution in [3.8, 4) is 28.1 Å². The number of hydrogen-bond donors (Lipinski definition) is 4. The first-order valence-electron chi connectivity index (χ1n) is 10.2. The van der Waals surface area contributed by atoms with Crippen molar-refractivity contribution in [3.05, 3.63) is 83.1 Å². The van der Waals surface area contributed by atoms with Gasteiger partial charge in [-0.15, -0.1) is 11.3 Å². The highest BCUT2D eigenvalue weighted by Gasteiger charge is 2.14. The summed E-state index contributed by atoms with van der Waals surface area (Å²) in [5.74, 6) is -0.138. The van der Waals surface area contributed by atoms with Crippen molar-refractivity contribution in [2.45, 2.75) is 13.0 Å². The first-order valence-corrected chi connectivity index (χ1v) is 11.1. The van der Waals surface area contributed by atoms with Crippen molar-refractivity contribution < 1.29 is 14.7 Å². The molecule has 0 aliphatic carbocycles. The lowest BCUT2D eigenvalue weighted by Crippen LogP contribution is -2.32. The van der Waals surface area contributed by atoms with Crippen molar-refractivity contribution in [1.82, 2.24) is 4.98 Å². The molecule has 0 aliphatic rings. The van der Waals surface area contributed by atoms with Gasteiger partial charge in [-0.1, -0.05) is 30.3 Å². The molecule has 0 saturated heterocycles. The molecule has 8 heteroatoms. The van der Waals surface area contributed by atoms with E-state index in [4.69, 9.17) is 5.73 Å². The van der Waals surface area contributed by atoms with E-state index in [-0.39, 0.29) is 17.6 Å². The highest BCUT2D eigenvalue weighted by molar-refractivity contribution is 7.12. The normalized spacial score (nSPS) is 11.6. The van der Waals surface area contributed by atoms with Crippen LogP contribution >= 0.6 is 11.3 Å². The average Bonchev–Trinajstić information content (AvgIpc) is 3.34. The highest BCUT2D eigenvalue weighted by atomic mass is 32.1. The fourth-order valence-corrected chi connectivity index (χ4v) is 3.83. The smallest absolute Gasteiger partial charge is 0.266 e. The second kappa shape index (κ2) is 9.64. The summed E-state index contributed by atoms with van der Waals surface area (Å²) in [6, 6.07) is 20.6. The van der Waals surface area contributed by atoms with Gasteiger partial charge in [0.2, 0.25) is 5.91 Å². The minimum atomic E-state index is -0.638. The molecule has 5 N–H and O–H groups in total. The average molecular weight is 459 g/mol. The van der Waals surface area contributed by atoms with Crippen LogP contribution in [-0.4, -0.2) is 27.9 Å². The molecule has 2 amide bonds. The molecule has 0 radical (unpaired) electrons. The van der Waals surface area contributed by atoms with Gasteiger partial charge in [-0.25, -0.2) is 4.98 Å². The van der Waals surface area contributed by atoms with Crippen LogP contribution in [0.4, 0.5) is 11.5 Å². The van der Waals surface area contributed by atoms with Gasteiger partial charge < -0.3 is 21.5 Å². The summed E-state index contributed by atoms with van der Waals surface area (Å²) in [7, 11) is 0. The van der Waals surface area contributed by atoms with E-state index < -0.39 is 6.04 Å². The Bertz CT molecular complexity index is 1300. The van der Waals surface area contributed by atoms with Crippen LogP contribution in [0.3, 0.4) is 0 Å². The number of nitrogens with two attached hydrogens (primary N) is 1. The number of amides is 2. The second-order valence-electron chi connectivity index (χ2n) is 7.43. The molecular formula is C25H22N4O3S. The van der Waals surface area contributed by atoms with Crippen LogP contribution in [0.25, 0.3) is 22.4 Å². The van der Waals surface area contributed by atoms with Crippen LogP contribution in [0.15, 0.2) is 78.2 Å². The molecule has 166 valence electrons. The SMILES string of the molecule is CC(N)C(=O)Nc1cccc(-c2cc(NC(=O)c3cccs3)nc(-c3ccccc3O)c2)c1. The molecule has 2 aromatic carbocycles. The van der Waals surface area contributed by atoms with Crippen molar-refractivity contribution >= 4 is 34.7 Å². The Morgan fingerprint density at radius 2 is 1.79 bits per heavy atom. The van der Waals surface area contributed by atoms with Gasteiger partial charge in [-0.05, 0) is 65.9 Å². The molecule has 1 atom stereocenters. The Hall–Kier alpha value is -4.01. The zero-order chi connectivity index (χ0) is 23.4. The summed E-state index contributed by atoms with van der Waals surface area (Å²) in [6.07, 6.45) is 0. The number of nitrogens with zero attached hydrogens (tertiary/aromatic N) is 1. The van der Waals surface area contributed by atoms with Gasteiger partial charge in [0.05, 0.1) is 16.6 Å². The fraction of sp³-hybridized carbons (Fsp3) is 0.0800. The standard InChI is InChI=1S/C25H22N4O3S/c1-15(26)24(31)27-18-7-4-6-16(12-18)17-13-20(19-8-2-3-9-21(19)30)28-23(14-17)29-25(32)22-10-5-11-33-22/h2-15,30H,26H2,1H3,(H,27,31)(H,28,29,32). The van der Waals surface area contributed by atoms with Gasteiger partial charge in [0.25, 0.3) is 5.91 Å². The van der Waals surface area contributed by atoms with E-state index >= 15 is 0 Å². The topological polar surface area (TPSA) is 117 Å². The molecule has 1 unspecified atom stereocenters. The Kier molecular flexibility index (Phi) is 6.48. The maximum absolute atomic E-state index is 12.6. The first kappa shape index (κ1) is 22.2. The zero-order valence-electron chi connectivity index (χ0n) is 17.8. The molecule has 2 heterocycles. The van der Waals surface area contributed by atoms with E-state index in [2.05, 4.69) is 15.6 Å². The van der Waals surface area contributed by atoms with Gasteiger partial charge in [0.15, 0.2) is 0 Å². The molecule has 0 spiro atoms. The largest absolute Gasteiger partial charge is 0.507 e. The molecule has 2 aromatic heterocycles. The number of rotatable bonds is 6. The number of carbonyl (C=O) groups is 2. The molecule has 33 heavy (non-hydrogen) atoms. The summed E-state index contributed by atoms with van der Waals surface area (Å²) < 4.78 is 0. The van der Waals surface area contributed by atoms with Crippen LogP contribution in [0.2, 0.25) is 0 Å². The van der Waals surface area contributed by atoms with E-state index in [0.29, 0.717) is 27.6 Å². The number of para-hydroxylation sites is 1. The van der Waals surface area contributed by atoms with E-state index in [1.165, 1.54) is 11.3 Å². The predicted octanol–water partition coefficient (Wildman–Crippen LogP) is 4.72. The third kappa shape index (κ3) is 5.25. The van der Waals surface area contributed by atoms with E-state index in [0.717, 1.165) is 11.1 Å². The minimum absolute atomic E-state index is 0.0793. The molecular weight excluding hydrogens is 436 g/mol. The number of phenols is 1. The number of phenolic OH excluding ortho intramolecular Hbond substituents is 1. The fourth-order valence-electron chi connectivity index (χ4n) is 3.21. The zero-order valence-corrected chi connectivity index (χ0v) is 18.6. The van der Waals surface area contributed by atoms with Crippen LogP contribution in [0, 0.1) is 0 Å². The molecule has 0 fully saturated rings. The number of anilines is 2. The number of nitrogens with one attached hydrogen (secondary N) is 2. The second-order valence-corrected chi connectivity index (χ2v) is 8.38. The molecule has 0 bridgehead atoms. The number of hydrogen-bond acceptors (Lipinski definition) is 6. The number of thiophene rings is 1. The minimum Gasteiger partial charge on any atom is -0.507 e. The maximum Gasteiger partial charge on any atom is 0.266 e. The van der Waals surface area contributed by atoms with E-state index in [9.17, 15) is 14.7 Å². The van der Waals surface area contributed by atoms with Gasteiger partial charge in [-0.2, -0.15) is 0 Å². The lowest BCUT2D eigenvalue weighted by atomic mass is 10.0. The van der Waals surface area contributed by atoms with Crippen LogP contribution in [-0.2, 0) is 4.79 Å². The Balaban J connectivity index is 1.76. The van der Waals surface area contributed by atoms with Gasteiger partial charge in [-0.3, -0.25) is 9.59 Å². The number of pyridine rings is 1. The number of aromatic hydroxyl groups is 1. The van der Waals surface area contributed by atoms with Crippen molar-refractivity contribution in [1.29, 1.82) is 0 Å². The third-order valence-corrected chi connectivity index (χ3v) is 5.74. The maximum atomic E-state index is 12.6. The monoisotopic (exact) mass is 458 g/mol. The van der Waals surface area contributed by atoms with Gasteiger partial charge >= 0.3 is 0 Å². The summed E-state index contributed by atoms with van der Waals surface area (Å²) in [5.41, 5.74) is 8.83. The van der Waals surface area contributed by atoms with Crippen molar-refractivity contribution in [2.75, 3.05) is 10.6 Å². The van der Waals surface area contributed by atoms with Crippen molar-refractivity contribution in [3.63, 3.8) is 0 Å². The molecule has 7 nitrogen and oxygen atoms in total. The molecule has 4 rings (SSSR count). The Morgan fingerprint density at radius 3 is 2.52 bits per heavy atom. The van der Waals surface area contributed by atoms with Gasteiger partial charge in [0, 0.05) is 11.3 Å². The molecule has 4 aromatic rings. The Labute approximate surface area is 194 Å². The lowest BCUT2D eigenvalue weighted by molar-refractivity contribution is -0.117. The highest BCUT2D eigenvalue weighted by Crippen LogP contribution is 2.33. The number of carbonyl (C=O) groups excluding carboxylic acids is 2. The summed E-state index contributed by atoms with van der Waals surface area (Å²) in [5, 5.41) is 17.8. The van der Waals surface area contributed by atoms with E-state index in [1.807, 2.05) is 29.6 Å². The van der Waals surface area contributed by atoms with E-state index in [1.54, 1.807) is 55.5 Å². The predicted molar refractivity (Wildman–Crippen MR) is 131 cm³/mol. The molecule has 0 saturated carbocycles.